The summed E-state index contributed by atoms with van der Waals surface area (Å²) in [5.41, 5.74) is -0.911. The lowest BCUT2D eigenvalue weighted by atomic mass is 9.88. The Kier molecular flexibility index (Phi) is 7.44. The molecule has 6 heteroatoms. The Morgan fingerprint density at radius 3 is 2.32 bits per heavy atom. The van der Waals surface area contributed by atoms with Crippen LogP contribution in [0, 0.1) is 5.41 Å². The van der Waals surface area contributed by atoms with E-state index in [1.807, 2.05) is 7.05 Å². The minimum Gasteiger partial charge on any atom is -0.481 e. The molecular formula is C13H27N3O3. The van der Waals surface area contributed by atoms with E-state index >= 15 is 0 Å². The number of carboxylic acids is 1. The molecule has 0 saturated carbocycles. The Morgan fingerprint density at radius 1 is 1.32 bits per heavy atom. The van der Waals surface area contributed by atoms with Gasteiger partial charge in [-0.25, -0.2) is 4.79 Å². The zero-order chi connectivity index (χ0) is 15.1. The number of nitrogens with zero attached hydrogens (tertiary/aromatic N) is 1. The molecular weight excluding hydrogens is 246 g/mol. The fourth-order valence-electron chi connectivity index (χ4n) is 1.29. The molecule has 1 atom stereocenters. The first-order valence-corrected chi connectivity index (χ1v) is 6.68. The standard InChI is InChI=1S/C13H27N3O3/c1-6-13(4,11(17)18)9-15-12(19)14-7-8-16(5)10(2)3/h10H,6-9H2,1-5H3,(H,17,18)(H2,14,15,19). The smallest absolute Gasteiger partial charge is 0.314 e. The van der Waals surface area contributed by atoms with E-state index in [4.69, 9.17) is 5.11 Å². The van der Waals surface area contributed by atoms with E-state index in [2.05, 4.69) is 29.4 Å². The Morgan fingerprint density at radius 2 is 1.89 bits per heavy atom. The van der Waals surface area contributed by atoms with Gasteiger partial charge in [-0.1, -0.05) is 6.92 Å². The highest BCUT2D eigenvalue weighted by molar-refractivity contribution is 5.77. The number of likely N-dealkylation sites (N-methyl/N-ethyl adjacent to an activating group) is 1. The largest absolute Gasteiger partial charge is 0.481 e. The van der Waals surface area contributed by atoms with Crippen molar-refractivity contribution >= 4 is 12.0 Å². The van der Waals surface area contributed by atoms with Crippen LogP contribution >= 0.6 is 0 Å². The highest BCUT2D eigenvalue weighted by Crippen LogP contribution is 2.19. The molecule has 0 aliphatic rings. The molecule has 0 heterocycles. The second kappa shape index (κ2) is 7.99. The van der Waals surface area contributed by atoms with Crippen LogP contribution in [0.3, 0.4) is 0 Å². The Bertz CT molecular complexity index is 308. The quantitative estimate of drug-likeness (QED) is 0.619. The summed E-state index contributed by atoms with van der Waals surface area (Å²) in [6, 6.07) is 0.110. The van der Waals surface area contributed by atoms with Crippen LogP contribution < -0.4 is 10.6 Å². The van der Waals surface area contributed by atoms with Crippen molar-refractivity contribution in [1.82, 2.24) is 15.5 Å². The molecule has 0 aromatic rings. The van der Waals surface area contributed by atoms with E-state index < -0.39 is 11.4 Å². The molecule has 0 rings (SSSR count). The van der Waals surface area contributed by atoms with E-state index in [0.717, 1.165) is 6.54 Å². The zero-order valence-electron chi connectivity index (χ0n) is 12.6. The van der Waals surface area contributed by atoms with Crippen LogP contribution in [0.2, 0.25) is 0 Å². The van der Waals surface area contributed by atoms with Crippen LogP contribution in [-0.2, 0) is 4.79 Å². The molecule has 2 amide bonds. The van der Waals surface area contributed by atoms with Crippen LogP contribution in [0.4, 0.5) is 4.79 Å². The lowest BCUT2D eigenvalue weighted by Gasteiger charge is -2.24. The summed E-state index contributed by atoms with van der Waals surface area (Å²) in [6.07, 6.45) is 0.471. The summed E-state index contributed by atoms with van der Waals surface area (Å²) in [4.78, 5) is 24.7. The van der Waals surface area contributed by atoms with Crippen molar-refractivity contribution in [3.05, 3.63) is 0 Å². The summed E-state index contributed by atoms with van der Waals surface area (Å²) >= 11 is 0. The van der Waals surface area contributed by atoms with Gasteiger partial charge < -0.3 is 20.6 Å². The van der Waals surface area contributed by atoms with Crippen molar-refractivity contribution in [3.8, 4) is 0 Å². The predicted octanol–water partition coefficient (Wildman–Crippen LogP) is 1.13. The highest BCUT2D eigenvalue weighted by Gasteiger charge is 2.31. The molecule has 0 bridgehead atoms. The first kappa shape index (κ1) is 17.7. The number of hydrogen-bond acceptors (Lipinski definition) is 3. The van der Waals surface area contributed by atoms with Gasteiger partial charge in [0, 0.05) is 25.7 Å². The van der Waals surface area contributed by atoms with Gasteiger partial charge in [0.05, 0.1) is 5.41 Å². The Hall–Kier alpha value is -1.30. The number of amides is 2. The monoisotopic (exact) mass is 273 g/mol. The number of carboxylic acid groups (broad SMARTS) is 1. The molecule has 6 nitrogen and oxygen atoms in total. The van der Waals surface area contributed by atoms with E-state index in [1.165, 1.54) is 0 Å². The molecule has 0 radical (unpaired) electrons. The van der Waals surface area contributed by atoms with Crippen molar-refractivity contribution in [1.29, 1.82) is 0 Å². The number of nitrogens with one attached hydrogen (secondary N) is 2. The van der Waals surface area contributed by atoms with Gasteiger partial charge in [0.15, 0.2) is 0 Å². The van der Waals surface area contributed by atoms with Gasteiger partial charge in [0.1, 0.15) is 0 Å². The average molecular weight is 273 g/mol. The second-order valence-corrected chi connectivity index (χ2v) is 5.40. The fourth-order valence-corrected chi connectivity index (χ4v) is 1.29. The molecule has 0 aliphatic carbocycles. The van der Waals surface area contributed by atoms with E-state index in [1.54, 1.807) is 13.8 Å². The highest BCUT2D eigenvalue weighted by atomic mass is 16.4. The molecule has 0 fully saturated rings. The van der Waals surface area contributed by atoms with E-state index in [9.17, 15) is 9.59 Å². The summed E-state index contributed by atoms with van der Waals surface area (Å²) < 4.78 is 0. The van der Waals surface area contributed by atoms with Gasteiger partial charge >= 0.3 is 12.0 Å². The molecule has 0 aromatic heterocycles. The number of aliphatic carboxylic acids is 1. The van der Waals surface area contributed by atoms with Crippen LogP contribution in [0.1, 0.15) is 34.1 Å². The van der Waals surface area contributed by atoms with Gasteiger partial charge in [-0.2, -0.15) is 0 Å². The normalized spacial score (nSPS) is 14.3. The topological polar surface area (TPSA) is 81.7 Å². The number of urea groups is 1. The maximum Gasteiger partial charge on any atom is 0.314 e. The lowest BCUT2D eigenvalue weighted by molar-refractivity contribution is -0.147. The maximum absolute atomic E-state index is 11.5. The number of carbonyl (C=O) groups excluding carboxylic acids is 1. The minimum absolute atomic E-state index is 0.130. The van der Waals surface area contributed by atoms with E-state index in [-0.39, 0.29) is 12.6 Å². The first-order valence-electron chi connectivity index (χ1n) is 6.68. The molecule has 0 spiro atoms. The second-order valence-electron chi connectivity index (χ2n) is 5.40. The SMILES string of the molecule is CCC(C)(CNC(=O)NCCN(C)C(C)C)C(=O)O. The third kappa shape index (κ3) is 6.42. The fraction of sp³-hybridized carbons (Fsp3) is 0.846. The molecule has 0 aromatic carbocycles. The Labute approximate surface area is 115 Å². The third-order valence-corrected chi connectivity index (χ3v) is 3.57. The molecule has 112 valence electrons. The van der Waals surface area contributed by atoms with Gasteiger partial charge in [-0.3, -0.25) is 4.79 Å². The summed E-state index contributed by atoms with van der Waals surface area (Å²) in [7, 11) is 1.99. The van der Waals surface area contributed by atoms with Crippen molar-refractivity contribution in [2.24, 2.45) is 5.41 Å². The molecule has 0 saturated heterocycles. The van der Waals surface area contributed by atoms with Crippen LogP contribution in [-0.4, -0.2) is 54.7 Å². The van der Waals surface area contributed by atoms with Crippen LogP contribution in [0.5, 0.6) is 0 Å². The van der Waals surface area contributed by atoms with Gasteiger partial charge in [0.25, 0.3) is 0 Å². The zero-order valence-corrected chi connectivity index (χ0v) is 12.6. The van der Waals surface area contributed by atoms with Crippen molar-refractivity contribution in [2.45, 2.75) is 40.2 Å². The summed E-state index contributed by atoms with van der Waals surface area (Å²) in [5, 5.41) is 14.4. The number of rotatable bonds is 8. The van der Waals surface area contributed by atoms with E-state index in [0.29, 0.717) is 19.0 Å². The Balaban J connectivity index is 3.97. The van der Waals surface area contributed by atoms with Gasteiger partial charge in [-0.15, -0.1) is 0 Å². The van der Waals surface area contributed by atoms with Crippen molar-refractivity contribution in [2.75, 3.05) is 26.7 Å². The summed E-state index contributed by atoms with van der Waals surface area (Å²) in [5.74, 6) is -0.894. The third-order valence-electron chi connectivity index (χ3n) is 3.57. The predicted molar refractivity (Wildman–Crippen MR) is 75.2 cm³/mol. The van der Waals surface area contributed by atoms with Crippen LogP contribution in [0.25, 0.3) is 0 Å². The maximum atomic E-state index is 11.5. The average Bonchev–Trinajstić information content (AvgIpc) is 2.35. The number of carbonyl (C=O) groups is 2. The van der Waals surface area contributed by atoms with Crippen LogP contribution in [0.15, 0.2) is 0 Å². The van der Waals surface area contributed by atoms with Crippen molar-refractivity contribution < 1.29 is 14.7 Å². The minimum atomic E-state index is -0.911. The lowest BCUT2D eigenvalue weighted by Crippen LogP contribution is -2.46. The molecule has 3 N–H and O–H groups in total. The van der Waals surface area contributed by atoms with Gasteiger partial charge in [0.2, 0.25) is 0 Å². The van der Waals surface area contributed by atoms with Gasteiger partial charge in [-0.05, 0) is 34.2 Å². The first-order chi connectivity index (χ1) is 8.73. The van der Waals surface area contributed by atoms with Crippen molar-refractivity contribution in [3.63, 3.8) is 0 Å². The molecule has 19 heavy (non-hydrogen) atoms. The molecule has 1 unspecified atom stereocenters. The summed E-state index contributed by atoms with van der Waals surface area (Å²) in [6.45, 7) is 9.02. The number of hydrogen-bond donors (Lipinski definition) is 3. The molecule has 0 aliphatic heterocycles.